The van der Waals surface area contributed by atoms with Crippen molar-refractivity contribution in [2.45, 2.75) is 18.5 Å². The van der Waals surface area contributed by atoms with Crippen molar-refractivity contribution >= 4 is 17.4 Å². The number of methoxy groups -OCH3 is 1. The second kappa shape index (κ2) is 5.69. The number of amides is 1. The number of carbonyl (C=O) groups is 1. The van der Waals surface area contributed by atoms with Crippen LogP contribution < -0.4 is 9.64 Å². The van der Waals surface area contributed by atoms with Gasteiger partial charge in [0.2, 0.25) is 0 Å². The number of piperidine rings is 1. The molecule has 1 amide bonds. The number of piperazine rings is 1. The Morgan fingerprint density at radius 2 is 2.04 bits per heavy atom. The molecule has 0 spiro atoms. The molecule has 0 saturated carbocycles. The predicted octanol–water partition coefficient (Wildman–Crippen LogP) is 1.24. The van der Waals surface area contributed by atoms with Crippen molar-refractivity contribution in [2.75, 3.05) is 25.1 Å². The van der Waals surface area contributed by atoms with Crippen molar-refractivity contribution in [3.05, 3.63) is 48.3 Å². The third-order valence-electron chi connectivity index (χ3n) is 5.22. The van der Waals surface area contributed by atoms with E-state index in [1.54, 1.807) is 24.0 Å². The molecule has 1 aromatic carbocycles. The summed E-state index contributed by atoms with van der Waals surface area (Å²) in [5, 5.41) is 12.4. The molecule has 0 aliphatic carbocycles. The molecule has 0 radical (unpaired) electrons. The largest absolute Gasteiger partial charge is 0.497 e. The van der Waals surface area contributed by atoms with Crippen LogP contribution in [0, 0.1) is 0 Å². The number of ether oxygens (including phenoxy) is 1. The second-order valence-electron chi connectivity index (χ2n) is 6.72. The minimum absolute atomic E-state index is 0.0759. The van der Waals surface area contributed by atoms with E-state index in [0.29, 0.717) is 11.3 Å². The van der Waals surface area contributed by atoms with Gasteiger partial charge in [0.05, 0.1) is 19.2 Å². The maximum absolute atomic E-state index is 12.9. The number of rotatable bonds is 3. The lowest BCUT2D eigenvalue weighted by atomic mass is 9.86. The van der Waals surface area contributed by atoms with Gasteiger partial charge >= 0.3 is 0 Å². The molecule has 2 unspecified atom stereocenters. The Hall–Kier alpha value is -3.16. The minimum atomic E-state index is 0.0759. The van der Waals surface area contributed by atoms with Crippen LogP contribution in [0.4, 0.5) is 5.82 Å². The molecule has 3 aliphatic heterocycles. The molecule has 3 saturated heterocycles. The van der Waals surface area contributed by atoms with Gasteiger partial charge in [-0.1, -0.05) is 6.07 Å². The number of anilines is 1. The van der Waals surface area contributed by atoms with Gasteiger partial charge in [0.25, 0.3) is 5.91 Å². The summed E-state index contributed by atoms with van der Waals surface area (Å²) in [5.74, 6) is 1.67. The summed E-state index contributed by atoms with van der Waals surface area (Å²) in [6.07, 6.45) is 2.64. The summed E-state index contributed by atoms with van der Waals surface area (Å²) >= 11 is 0. The molecule has 2 aromatic heterocycles. The number of aromatic nitrogens is 4. The van der Waals surface area contributed by atoms with Gasteiger partial charge in [0, 0.05) is 18.7 Å². The average molecular weight is 350 g/mol. The first kappa shape index (κ1) is 15.1. The average Bonchev–Trinajstić information content (AvgIpc) is 3.15. The maximum atomic E-state index is 12.9. The SMILES string of the molecule is COc1cccc(C(=O)N2C3CC2CN(c2ccc4nncn4n2)C3)c1. The van der Waals surface area contributed by atoms with E-state index in [9.17, 15) is 4.79 Å². The zero-order valence-corrected chi connectivity index (χ0v) is 14.3. The standard InChI is InChI=1S/C18H18N6O2/c1-26-15-4-2-3-12(7-15)18(25)24-13-8-14(24)10-22(9-13)17-6-5-16-20-19-11-23(16)21-17/h2-7,11,13-14H,8-10H2,1H3. The predicted molar refractivity (Wildman–Crippen MR) is 94.4 cm³/mol. The zero-order chi connectivity index (χ0) is 17.7. The topological polar surface area (TPSA) is 75.9 Å². The Morgan fingerprint density at radius 3 is 2.85 bits per heavy atom. The molecule has 26 heavy (non-hydrogen) atoms. The minimum Gasteiger partial charge on any atom is -0.497 e. The summed E-state index contributed by atoms with van der Waals surface area (Å²) in [5.41, 5.74) is 1.40. The molecule has 3 fully saturated rings. The van der Waals surface area contributed by atoms with Crippen molar-refractivity contribution in [2.24, 2.45) is 0 Å². The van der Waals surface area contributed by atoms with E-state index < -0.39 is 0 Å². The van der Waals surface area contributed by atoms with Crippen molar-refractivity contribution in [3.63, 3.8) is 0 Å². The van der Waals surface area contributed by atoms with E-state index in [2.05, 4.69) is 20.2 Å². The van der Waals surface area contributed by atoms with Gasteiger partial charge in [-0.25, -0.2) is 0 Å². The Morgan fingerprint density at radius 1 is 1.19 bits per heavy atom. The molecular weight excluding hydrogens is 332 g/mol. The van der Waals surface area contributed by atoms with Crippen LogP contribution in [0.2, 0.25) is 0 Å². The van der Waals surface area contributed by atoms with E-state index >= 15 is 0 Å². The lowest BCUT2D eigenvalue weighted by Crippen LogP contribution is -2.70. The summed E-state index contributed by atoms with van der Waals surface area (Å²) in [6, 6.07) is 11.6. The Kier molecular flexibility index (Phi) is 3.31. The second-order valence-corrected chi connectivity index (χ2v) is 6.72. The van der Waals surface area contributed by atoms with Gasteiger partial charge < -0.3 is 14.5 Å². The highest BCUT2D eigenvalue weighted by molar-refractivity contribution is 5.95. The van der Waals surface area contributed by atoms with Crippen molar-refractivity contribution in [1.29, 1.82) is 0 Å². The summed E-state index contributed by atoms with van der Waals surface area (Å²) in [7, 11) is 1.61. The van der Waals surface area contributed by atoms with Crippen molar-refractivity contribution in [3.8, 4) is 5.75 Å². The molecular formula is C18H18N6O2. The van der Waals surface area contributed by atoms with Gasteiger partial charge in [-0.15, -0.1) is 15.3 Å². The Bertz CT molecular complexity index is 974. The molecule has 2 bridgehead atoms. The fourth-order valence-electron chi connectivity index (χ4n) is 3.92. The smallest absolute Gasteiger partial charge is 0.254 e. The number of hydrogen-bond donors (Lipinski definition) is 0. The summed E-state index contributed by atoms with van der Waals surface area (Å²) < 4.78 is 6.91. The molecule has 0 N–H and O–H groups in total. The van der Waals surface area contributed by atoms with Crippen LogP contribution in [0.5, 0.6) is 5.75 Å². The van der Waals surface area contributed by atoms with Gasteiger partial charge in [-0.05, 0) is 36.8 Å². The normalized spacial score (nSPS) is 21.6. The molecule has 8 heteroatoms. The first-order valence-electron chi connectivity index (χ1n) is 8.61. The fraction of sp³-hybridized carbons (Fsp3) is 0.333. The van der Waals surface area contributed by atoms with Crippen LogP contribution in [0.1, 0.15) is 16.8 Å². The Labute approximate surface area is 150 Å². The quantitative estimate of drug-likeness (QED) is 0.707. The van der Waals surface area contributed by atoms with Crippen LogP contribution >= 0.6 is 0 Å². The van der Waals surface area contributed by atoms with Gasteiger partial charge in [-0.2, -0.15) is 4.52 Å². The van der Waals surface area contributed by atoms with Crippen molar-refractivity contribution < 1.29 is 9.53 Å². The van der Waals surface area contributed by atoms with Crippen LogP contribution in [-0.4, -0.2) is 62.9 Å². The van der Waals surface area contributed by atoms with Gasteiger partial charge in [0.1, 0.15) is 17.9 Å². The summed E-state index contributed by atoms with van der Waals surface area (Å²) in [6.45, 7) is 1.57. The van der Waals surface area contributed by atoms with Gasteiger partial charge in [0.15, 0.2) is 5.65 Å². The summed E-state index contributed by atoms with van der Waals surface area (Å²) in [4.78, 5) is 17.1. The fourth-order valence-corrected chi connectivity index (χ4v) is 3.92. The highest BCUT2D eigenvalue weighted by Gasteiger charge is 2.47. The number of carbonyl (C=O) groups excluding carboxylic acids is 1. The third-order valence-corrected chi connectivity index (χ3v) is 5.22. The lowest BCUT2D eigenvalue weighted by Gasteiger charge is -2.56. The van der Waals surface area contributed by atoms with E-state index in [1.165, 1.54) is 0 Å². The van der Waals surface area contributed by atoms with E-state index in [4.69, 9.17) is 4.74 Å². The van der Waals surface area contributed by atoms with Crippen LogP contribution in [0.3, 0.4) is 0 Å². The molecule has 3 aromatic rings. The lowest BCUT2D eigenvalue weighted by molar-refractivity contribution is 0.00570. The Balaban J connectivity index is 1.34. The molecule has 8 nitrogen and oxygen atoms in total. The third kappa shape index (κ3) is 2.29. The number of fused-ring (bicyclic) bond motifs is 3. The van der Waals surface area contributed by atoms with E-state index in [0.717, 1.165) is 31.0 Å². The number of nitrogens with zero attached hydrogens (tertiary/aromatic N) is 6. The number of benzene rings is 1. The molecule has 132 valence electrons. The van der Waals surface area contributed by atoms with E-state index in [1.807, 2.05) is 35.2 Å². The molecule has 3 aliphatic rings. The van der Waals surface area contributed by atoms with Crippen molar-refractivity contribution in [1.82, 2.24) is 24.7 Å². The van der Waals surface area contributed by atoms with Crippen LogP contribution in [0.25, 0.3) is 5.65 Å². The molecule has 5 heterocycles. The first-order chi connectivity index (χ1) is 12.7. The monoisotopic (exact) mass is 350 g/mol. The highest BCUT2D eigenvalue weighted by Crippen LogP contribution is 2.35. The molecule has 6 rings (SSSR count). The van der Waals surface area contributed by atoms with Crippen LogP contribution in [-0.2, 0) is 0 Å². The van der Waals surface area contributed by atoms with Gasteiger partial charge in [-0.3, -0.25) is 4.79 Å². The number of hydrogen-bond acceptors (Lipinski definition) is 6. The molecule has 2 atom stereocenters. The zero-order valence-electron chi connectivity index (χ0n) is 14.3. The highest BCUT2D eigenvalue weighted by atomic mass is 16.5. The van der Waals surface area contributed by atoms with Crippen LogP contribution in [0.15, 0.2) is 42.7 Å². The maximum Gasteiger partial charge on any atom is 0.254 e. The van der Waals surface area contributed by atoms with E-state index in [-0.39, 0.29) is 18.0 Å². The first-order valence-corrected chi connectivity index (χ1v) is 8.61.